The van der Waals surface area contributed by atoms with Gasteiger partial charge in [0.05, 0.1) is 21.8 Å². The number of alkyl halides is 4. The van der Waals surface area contributed by atoms with E-state index < -0.39 is 23.6 Å². The second-order valence-electron chi connectivity index (χ2n) is 7.65. The minimum absolute atomic E-state index is 0.0242. The van der Waals surface area contributed by atoms with Crippen molar-refractivity contribution < 1.29 is 22.8 Å². The van der Waals surface area contributed by atoms with Crippen molar-refractivity contribution in [2.45, 2.75) is 42.8 Å². The second-order valence-corrected chi connectivity index (χ2v) is 9.10. The van der Waals surface area contributed by atoms with Crippen molar-refractivity contribution in [2.24, 2.45) is 11.1 Å². The van der Waals surface area contributed by atoms with Crippen molar-refractivity contribution in [1.29, 1.82) is 0 Å². The molecule has 166 valence electrons. The molecule has 1 saturated carbocycles. The molecule has 2 aliphatic carbocycles. The molecule has 1 amide bonds. The van der Waals surface area contributed by atoms with Gasteiger partial charge in [-0.15, -0.1) is 11.6 Å². The first kappa shape index (κ1) is 22.3. The molecule has 1 fully saturated rings. The standard InChI is InChI=1S/C20H17Cl3F3N3O2/c21-13-6-12(7-14(22)8-13)19(20(24,25)26)9-17(29-31-19)11-3-4-15(23)16(5-11)27-28-18(30)10-1-2-10/h3-7,10,13,27H,1-2,8-9H2,(H,28,30). The van der Waals surface area contributed by atoms with Gasteiger partial charge in [0, 0.05) is 34.9 Å². The first-order chi connectivity index (χ1) is 14.6. The zero-order valence-electron chi connectivity index (χ0n) is 15.9. The van der Waals surface area contributed by atoms with Crippen molar-refractivity contribution in [3.05, 3.63) is 51.5 Å². The number of hydrogen-bond donors (Lipinski definition) is 2. The van der Waals surface area contributed by atoms with E-state index in [4.69, 9.17) is 39.6 Å². The third-order valence-corrected chi connectivity index (χ3v) is 6.16. The fourth-order valence-corrected chi connectivity index (χ4v) is 4.23. The molecule has 1 heterocycles. The van der Waals surface area contributed by atoms with Gasteiger partial charge in [0.25, 0.3) is 5.60 Å². The van der Waals surface area contributed by atoms with Gasteiger partial charge in [-0.05, 0) is 31.1 Å². The minimum atomic E-state index is -4.77. The van der Waals surface area contributed by atoms with E-state index in [0.29, 0.717) is 11.3 Å². The third kappa shape index (κ3) is 4.52. The third-order valence-electron chi connectivity index (χ3n) is 5.28. The Kier molecular flexibility index (Phi) is 5.91. The van der Waals surface area contributed by atoms with E-state index in [0.717, 1.165) is 12.8 Å². The highest BCUT2D eigenvalue weighted by molar-refractivity contribution is 6.33. The molecule has 1 aliphatic heterocycles. The molecule has 4 rings (SSSR count). The number of hydrazine groups is 1. The summed E-state index contributed by atoms with van der Waals surface area (Å²) in [5, 5.41) is 3.56. The molecule has 0 aromatic heterocycles. The number of rotatable bonds is 5. The molecule has 0 bridgehead atoms. The summed E-state index contributed by atoms with van der Waals surface area (Å²) in [6, 6.07) is 4.55. The van der Waals surface area contributed by atoms with Crippen molar-refractivity contribution in [2.75, 3.05) is 5.43 Å². The van der Waals surface area contributed by atoms with Crippen LogP contribution < -0.4 is 10.9 Å². The monoisotopic (exact) mass is 493 g/mol. The molecule has 1 aromatic rings. The zero-order chi connectivity index (χ0) is 22.4. The lowest BCUT2D eigenvalue weighted by Gasteiger charge is -2.32. The largest absolute Gasteiger partial charge is 0.435 e. The van der Waals surface area contributed by atoms with E-state index in [2.05, 4.69) is 16.0 Å². The fraction of sp³-hybridized carbons (Fsp3) is 0.400. The predicted octanol–water partition coefficient (Wildman–Crippen LogP) is 5.68. The van der Waals surface area contributed by atoms with Gasteiger partial charge >= 0.3 is 6.18 Å². The van der Waals surface area contributed by atoms with Gasteiger partial charge in [-0.2, -0.15) is 13.2 Å². The summed E-state index contributed by atoms with van der Waals surface area (Å²) >= 11 is 18.2. The van der Waals surface area contributed by atoms with Gasteiger partial charge in [0.1, 0.15) is 0 Å². The molecular weight excluding hydrogens is 478 g/mol. The lowest BCUT2D eigenvalue weighted by atomic mass is 9.83. The highest BCUT2D eigenvalue weighted by Gasteiger charge is 2.63. The number of carbonyl (C=O) groups excluding carboxylic acids is 1. The Balaban J connectivity index is 1.59. The van der Waals surface area contributed by atoms with Gasteiger partial charge in [-0.25, -0.2) is 0 Å². The first-order valence-electron chi connectivity index (χ1n) is 9.49. The average Bonchev–Trinajstić information content (AvgIpc) is 3.43. The van der Waals surface area contributed by atoms with Crippen LogP contribution in [-0.4, -0.2) is 28.8 Å². The number of benzene rings is 1. The molecule has 0 saturated heterocycles. The summed E-state index contributed by atoms with van der Waals surface area (Å²) in [6.07, 6.45) is -0.915. The van der Waals surface area contributed by atoms with E-state index in [-0.39, 0.29) is 39.6 Å². The number of anilines is 1. The van der Waals surface area contributed by atoms with Crippen LogP contribution in [0.15, 0.2) is 46.1 Å². The summed E-state index contributed by atoms with van der Waals surface area (Å²) in [6.45, 7) is 0. The van der Waals surface area contributed by atoms with E-state index in [1.807, 2.05) is 0 Å². The Morgan fingerprint density at radius 1 is 1.26 bits per heavy atom. The lowest BCUT2D eigenvalue weighted by molar-refractivity contribution is -0.252. The molecule has 0 spiro atoms. The Morgan fingerprint density at radius 2 is 2.00 bits per heavy atom. The van der Waals surface area contributed by atoms with Crippen LogP contribution >= 0.6 is 34.8 Å². The number of halogens is 6. The van der Waals surface area contributed by atoms with Crippen LogP contribution in [0.2, 0.25) is 5.02 Å². The normalized spacial score (nSPS) is 25.9. The molecule has 2 atom stereocenters. The zero-order valence-corrected chi connectivity index (χ0v) is 18.2. The average molecular weight is 495 g/mol. The summed E-state index contributed by atoms with van der Waals surface area (Å²) < 4.78 is 42.4. The smallest absolute Gasteiger partial charge is 0.374 e. The molecule has 5 nitrogen and oxygen atoms in total. The maximum atomic E-state index is 14.1. The maximum Gasteiger partial charge on any atom is 0.435 e. The highest BCUT2D eigenvalue weighted by Crippen LogP contribution is 2.48. The van der Waals surface area contributed by atoms with Crippen molar-refractivity contribution >= 4 is 52.1 Å². The minimum Gasteiger partial charge on any atom is -0.374 e. The maximum absolute atomic E-state index is 14.1. The van der Waals surface area contributed by atoms with Crippen LogP contribution in [0.5, 0.6) is 0 Å². The molecule has 3 aliphatic rings. The highest BCUT2D eigenvalue weighted by atomic mass is 35.5. The van der Waals surface area contributed by atoms with Gasteiger partial charge in [0.15, 0.2) is 0 Å². The number of hydrogen-bond acceptors (Lipinski definition) is 4. The molecule has 31 heavy (non-hydrogen) atoms. The summed E-state index contributed by atoms with van der Waals surface area (Å²) in [5.74, 6) is -0.188. The van der Waals surface area contributed by atoms with Crippen LogP contribution in [0.4, 0.5) is 18.9 Å². The SMILES string of the molecule is O=C(NNc1cc(C2=NOC(C3=CC(Cl)CC(Cl)=C3)(C(F)(F)F)C2)ccc1Cl)C1CC1. The fourth-order valence-electron chi connectivity index (χ4n) is 3.40. The predicted molar refractivity (Wildman–Crippen MR) is 113 cm³/mol. The molecule has 0 radical (unpaired) electrons. The molecule has 2 unspecified atom stereocenters. The summed E-state index contributed by atoms with van der Waals surface area (Å²) in [7, 11) is 0. The molecule has 2 N–H and O–H groups in total. The summed E-state index contributed by atoms with van der Waals surface area (Å²) in [5.41, 5.74) is 3.18. The van der Waals surface area contributed by atoms with Gasteiger partial charge in [-0.3, -0.25) is 15.6 Å². The van der Waals surface area contributed by atoms with E-state index in [1.165, 1.54) is 30.4 Å². The van der Waals surface area contributed by atoms with Crippen molar-refractivity contribution in [3.63, 3.8) is 0 Å². The molecule has 11 heteroatoms. The Morgan fingerprint density at radius 3 is 2.65 bits per heavy atom. The first-order valence-corrected chi connectivity index (χ1v) is 10.7. The van der Waals surface area contributed by atoms with Crippen molar-refractivity contribution in [1.82, 2.24) is 5.43 Å². The topological polar surface area (TPSA) is 62.7 Å². The van der Waals surface area contributed by atoms with Crippen LogP contribution in [0.1, 0.15) is 31.2 Å². The van der Waals surface area contributed by atoms with Crippen LogP contribution in [-0.2, 0) is 9.63 Å². The number of nitrogens with one attached hydrogen (secondary N) is 2. The Hall–Kier alpha value is -1.90. The number of oxime groups is 1. The quantitative estimate of drug-likeness (QED) is 0.409. The van der Waals surface area contributed by atoms with E-state index in [9.17, 15) is 18.0 Å². The number of amides is 1. The van der Waals surface area contributed by atoms with Gasteiger partial charge < -0.3 is 4.84 Å². The lowest BCUT2D eigenvalue weighted by Crippen LogP contribution is -2.47. The number of allylic oxidation sites excluding steroid dienone is 2. The van der Waals surface area contributed by atoms with E-state index >= 15 is 0 Å². The summed E-state index contributed by atoms with van der Waals surface area (Å²) in [4.78, 5) is 16.9. The number of carbonyl (C=O) groups is 1. The molecule has 1 aromatic carbocycles. The second kappa shape index (κ2) is 8.22. The van der Waals surface area contributed by atoms with Crippen LogP contribution in [0.3, 0.4) is 0 Å². The van der Waals surface area contributed by atoms with Crippen LogP contribution in [0.25, 0.3) is 0 Å². The van der Waals surface area contributed by atoms with Gasteiger partial charge in [-0.1, -0.05) is 40.5 Å². The number of nitrogens with zero attached hydrogens (tertiary/aromatic N) is 1. The van der Waals surface area contributed by atoms with E-state index in [1.54, 1.807) is 0 Å². The van der Waals surface area contributed by atoms with Gasteiger partial charge in [0.2, 0.25) is 5.91 Å². The Labute approximate surface area is 191 Å². The molecular formula is C20H17Cl3F3N3O2. The van der Waals surface area contributed by atoms with Crippen LogP contribution in [0, 0.1) is 5.92 Å². The Bertz CT molecular complexity index is 1010. The van der Waals surface area contributed by atoms with Crippen molar-refractivity contribution in [3.8, 4) is 0 Å².